The maximum absolute atomic E-state index is 13.9. The molecule has 2 unspecified atom stereocenters. The third kappa shape index (κ3) is 3.16. The average Bonchev–Trinajstić information content (AvgIpc) is 2.90. The maximum atomic E-state index is 13.9. The van der Waals surface area contributed by atoms with Crippen molar-refractivity contribution in [3.63, 3.8) is 0 Å². The summed E-state index contributed by atoms with van der Waals surface area (Å²) in [4.78, 5) is 0. The number of methoxy groups -OCH3 is 2. The molecule has 1 aliphatic heterocycles. The SMILES string of the molecule is COc1cc(F)c(C(O)CC2CCCO2)cc1OC. The van der Waals surface area contributed by atoms with Gasteiger partial charge in [-0.25, -0.2) is 4.39 Å². The molecular formula is C14H19FO4. The van der Waals surface area contributed by atoms with Crippen molar-refractivity contribution in [2.75, 3.05) is 20.8 Å². The Bertz CT molecular complexity index is 430. The van der Waals surface area contributed by atoms with Gasteiger partial charge in [0.15, 0.2) is 11.5 Å². The average molecular weight is 270 g/mol. The maximum Gasteiger partial charge on any atom is 0.163 e. The van der Waals surface area contributed by atoms with E-state index >= 15 is 0 Å². The van der Waals surface area contributed by atoms with Crippen molar-refractivity contribution in [1.82, 2.24) is 0 Å². The highest BCUT2D eigenvalue weighted by molar-refractivity contribution is 5.44. The fraction of sp³-hybridized carbons (Fsp3) is 0.571. The molecule has 1 fully saturated rings. The van der Waals surface area contributed by atoms with Gasteiger partial charge < -0.3 is 19.3 Å². The number of hydrogen-bond acceptors (Lipinski definition) is 4. The van der Waals surface area contributed by atoms with Crippen LogP contribution in [0.25, 0.3) is 0 Å². The van der Waals surface area contributed by atoms with Crippen molar-refractivity contribution in [3.05, 3.63) is 23.5 Å². The van der Waals surface area contributed by atoms with Crippen LogP contribution in [-0.2, 0) is 4.74 Å². The van der Waals surface area contributed by atoms with Crippen molar-refractivity contribution in [1.29, 1.82) is 0 Å². The van der Waals surface area contributed by atoms with Crippen LogP contribution in [-0.4, -0.2) is 32.0 Å². The van der Waals surface area contributed by atoms with E-state index in [2.05, 4.69) is 0 Å². The number of rotatable bonds is 5. The second-order valence-corrected chi connectivity index (χ2v) is 4.62. The van der Waals surface area contributed by atoms with Crippen LogP contribution in [0, 0.1) is 5.82 Å². The van der Waals surface area contributed by atoms with E-state index in [0.717, 1.165) is 12.8 Å². The second-order valence-electron chi connectivity index (χ2n) is 4.62. The lowest BCUT2D eigenvalue weighted by atomic mass is 10.0. The first-order chi connectivity index (χ1) is 9.15. The smallest absolute Gasteiger partial charge is 0.163 e. The molecule has 2 rings (SSSR count). The molecule has 0 aromatic heterocycles. The monoisotopic (exact) mass is 270 g/mol. The lowest BCUT2D eigenvalue weighted by molar-refractivity contribution is 0.0521. The van der Waals surface area contributed by atoms with Crippen molar-refractivity contribution < 1.29 is 23.7 Å². The summed E-state index contributed by atoms with van der Waals surface area (Å²) < 4.78 is 29.5. The highest BCUT2D eigenvalue weighted by Crippen LogP contribution is 2.34. The number of aliphatic hydroxyl groups is 1. The summed E-state index contributed by atoms with van der Waals surface area (Å²) >= 11 is 0. The van der Waals surface area contributed by atoms with E-state index in [9.17, 15) is 9.50 Å². The highest BCUT2D eigenvalue weighted by atomic mass is 19.1. The van der Waals surface area contributed by atoms with Crippen molar-refractivity contribution in [2.45, 2.75) is 31.5 Å². The zero-order chi connectivity index (χ0) is 13.8. The van der Waals surface area contributed by atoms with Gasteiger partial charge in [-0.15, -0.1) is 0 Å². The summed E-state index contributed by atoms with van der Waals surface area (Å²) in [5, 5.41) is 10.1. The molecule has 19 heavy (non-hydrogen) atoms. The Balaban J connectivity index is 2.17. The zero-order valence-electron chi connectivity index (χ0n) is 11.2. The van der Waals surface area contributed by atoms with Gasteiger partial charge in [-0.2, -0.15) is 0 Å². The Labute approximate surface area is 112 Å². The van der Waals surface area contributed by atoms with Crippen LogP contribution < -0.4 is 9.47 Å². The number of benzene rings is 1. The largest absolute Gasteiger partial charge is 0.493 e. The minimum atomic E-state index is -0.900. The first-order valence-electron chi connectivity index (χ1n) is 6.36. The van der Waals surface area contributed by atoms with Crippen LogP contribution in [0.4, 0.5) is 4.39 Å². The molecule has 0 radical (unpaired) electrons. The summed E-state index contributed by atoms with van der Waals surface area (Å²) in [6.45, 7) is 0.714. The van der Waals surface area contributed by atoms with Gasteiger partial charge in [0.2, 0.25) is 0 Å². The summed E-state index contributed by atoms with van der Waals surface area (Å²) in [5.74, 6) is 0.224. The van der Waals surface area contributed by atoms with E-state index in [1.165, 1.54) is 26.4 Å². The van der Waals surface area contributed by atoms with E-state index in [1.807, 2.05) is 0 Å². The fourth-order valence-electron chi connectivity index (χ4n) is 2.33. The summed E-state index contributed by atoms with van der Waals surface area (Å²) in [6, 6.07) is 2.71. The van der Waals surface area contributed by atoms with E-state index in [0.29, 0.717) is 24.5 Å². The first kappa shape index (κ1) is 14.1. The van der Waals surface area contributed by atoms with Gasteiger partial charge in [0.25, 0.3) is 0 Å². The Kier molecular flexibility index (Phi) is 4.61. The number of aliphatic hydroxyl groups excluding tert-OH is 1. The molecule has 5 heteroatoms. The molecule has 4 nitrogen and oxygen atoms in total. The van der Waals surface area contributed by atoms with Gasteiger partial charge in [-0.05, 0) is 18.9 Å². The second kappa shape index (κ2) is 6.21. The van der Waals surface area contributed by atoms with Crippen LogP contribution in [0.5, 0.6) is 11.5 Å². The predicted molar refractivity (Wildman–Crippen MR) is 68.1 cm³/mol. The van der Waals surface area contributed by atoms with Gasteiger partial charge in [0, 0.05) is 24.7 Å². The predicted octanol–water partition coefficient (Wildman–Crippen LogP) is 2.45. The summed E-state index contributed by atoms with van der Waals surface area (Å²) in [7, 11) is 2.92. The third-order valence-electron chi connectivity index (χ3n) is 3.37. The number of ether oxygens (including phenoxy) is 3. The third-order valence-corrected chi connectivity index (χ3v) is 3.37. The van der Waals surface area contributed by atoms with Crippen molar-refractivity contribution >= 4 is 0 Å². The van der Waals surface area contributed by atoms with Gasteiger partial charge in [0.05, 0.1) is 26.4 Å². The molecule has 1 aromatic rings. The number of halogens is 1. The minimum Gasteiger partial charge on any atom is -0.493 e. The zero-order valence-corrected chi connectivity index (χ0v) is 11.2. The van der Waals surface area contributed by atoms with Crippen LogP contribution in [0.2, 0.25) is 0 Å². The Morgan fingerprint density at radius 3 is 2.63 bits per heavy atom. The van der Waals surface area contributed by atoms with Crippen LogP contribution in [0.1, 0.15) is 30.9 Å². The molecule has 1 aromatic carbocycles. The molecule has 1 N–H and O–H groups in total. The Morgan fingerprint density at radius 2 is 2.05 bits per heavy atom. The minimum absolute atomic E-state index is 0.00231. The molecule has 106 valence electrons. The summed E-state index contributed by atoms with van der Waals surface area (Å²) in [5.41, 5.74) is 0.216. The molecule has 2 atom stereocenters. The van der Waals surface area contributed by atoms with Crippen LogP contribution in [0.15, 0.2) is 12.1 Å². The van der Waals surface area contributed by atoms with Crippen molar-refractivity contribution in [2.24, 2.45) is 0 Å². The van der Waals surface area contributed by atoms with E-state index in [1.54, 1.807) is 0 Å². The molecule has 1 saturated heterocycles. The molecular weight excluding hydrogens is 251 g/mol. The lowest BCUT2D eigenvalue weighted by Gasteiger charge is -2.18. The van der Waals surface area contributed by atoms with Crippen molar-refractivity contribution in [3.8, 4) is 11.5 Å². The molecule has 0 bridgehead atoms. The van der Waals surface area contributed by atoms with E-state index in [4.69, 9.17) is 14.2 Å². The van der Waals surface area contributed by atoms with Gasteiger partial charge in [-0.3, -0.25) is 0 Å². The molecule has 0 amide bonds. The van der Waals surface area contributed by atoms with Crippen LogP contribution in [0.3, 0.4) is 0 Å². The topological polar surface area (TPSA) is 47.9 Å². The van der Waals surface area contributed by atoms with Gasteiger partial charge in [-0.1, -0.05) is 0 Å². The molecule has 1 heterocycles. The lowest BCUT2D eigenvalue weighted by Crippen LogP contribution is -2.12. The van der Waals surface area contributed by atoms with Gasteiger partial charge >= 0.3 is 0 Å². The van der Waals surface area contributed by atoms with Crippen LogP contribution >= 0.6 is 0 Å². The quantitative estimate of drug-likeness (QED) is 0.892. The Morgan fingerprint density at radius 1 is 1.37 bits per heavy atom. The van der Waals surface area contributed by atoms with E-state index in [-0.39, 0.29) is 11.7 Å². The van der Waals surface area contributed by atoms with E-state index < -0.39 is 11.9 Å². The highest BCUT2D eigenvalue weighted by Gasteiger charge is 2.23. The summed E-state index contributed by atoms with van der Waals surface area (Å²) in [6.07, 6.45) is 1.40. The normalized spacial score (nSPS) is 20.3. The van der Waals surface area contributed by atoms with Gasteiger partial charge in [0.1, 0.15) is 5.82 Å². The fourth-order valence-corrected chi connectivity index (χ4v) is 2.33. The molecule has 0 spiro atoms. The molecule has 0 aliphatic carbocycles. The standard InChI is InChI=1S/C14H19FO4/c1-17-13-7-10(11(15)8-14(13)18-2)12(16)6-9-4-3-5-19-9/h7-9,12,16H,3-6H2,1-2H3. The first-order valence-corrected chi connectivity index (χ1v) is 6.36. The molecule has 1 aliphatic rings. The number of hydrogen-bond donors (Lipinski definition) is 1. The molecule has 0 saturated carbocycles. The Hall–Kier alpha value is -1.33.